The summed E-state index contributed by atoms with van der Waals surface area (Å²) in [4.78, 5) is 11.5. The highest BCUT2D eigenvalue weighted by molar-refractivity contribution is 7.90. The van der Waals surface area contributed by atoms with Crippen LogP contribution in [0.3, 0.4) is 0 Å². The lowest BCUT2D eigenvalue weighted by Gasteiger charge is -2.22. The second-order valence-electron chi connectivity index (χ2n) is 3.56. The van der Waals surface area contributed by atoms with Gasteiger partial charge in [-0.2, -0.15) is 13.2 Å². The predicted octanol–water partition coefficient (Wildman–Crippen LogP) is 0.812. The Balaban J connectivity index is 4.78. The summed E-state index contributed by atoms with van der Waals surface area (Å²) >= 11 is 4.61. The number of carbonyl (C=O) groups is 1. The van der Waals surface area contributed by atoms with Crippen molar-refractivity contribution in [3.8, 4) is 0 Å². The molecule has 0 aromatic heterocycles. The minimum atomic E-state index is -5.03. The van der Waals surface area contributed by atoms with Gasteiger partial charge < -0.3 is 4.90 Å². The maximum absolute atomic E-state index is 12.2. The molecule has 100 valence electrons. The largest absolute Gasteiger partial charge is 0.471 e. The van der Waals surface area contributed by atoms with Crippen LogP contribution in [0.25, 0.3) is 0 Å². The average Bonchev–Trinajstić information content (AvgIpc) is 2.07. The van der Waals surface area contributed by atoms with Crippen molar-refractivity contribution in [3.05, 3.63) is 0 Å². The molecule has 0 aliphatic heterocycles. The van der Waals surface area contributed by atoms with Crippen molar-refractivity contribution in [3.63, 3.8) is 0 Å². The Morgan fingerprint density at radius 2 is 1.82 bits per heavy atom. The van der Waals surface area contributed by atoms with E-state index >= 15 is 0 Å². The molecule has 0 atom stereocenters. The highest BCUT2D eigenvalue weighted by atomic mass is 32.2. The zero-order valence-corrected chi connectivity index (χ0v) is 10.9. The van der Waals surface area contributed by atoms with Gasteiger partial charge in [0.05, 0.1) is 12.3 Å². The van der Waals surface area contributed by atoms with Crippen LogP contribution in [0.4, 0.5) is 13.2 Å². The first-order valence-electron chi connectivity index (χ1n) is 4.47. The lowest BCUT2D eigenvalue weighted by Crippen LogP contribution is -2.45. The molecule has 0 N–H and O–H groups in total. The third kappa shape index (κ3) is 7.27. The summed E-state index contributed by atoms with van der Waals surface area (Å²) in [5, 5.41) is 0. The first-order valence-corrected chi connectivity index (χ1v) is 6.93. The van der Waals surface area contributed by atoms with E-state index in [0.29, 0.717) is 4.90 Å². The van der Waals surface area contributed by atoms with Crippen molar-refractivity contribution in [2.24, 2.45) is 0 Å². The molecule has 0 heterocycles. The third-order valence-electron chi connectivity index (χ3n) is 1.68. The number of rotatable bonds is 5. The third-order valence-corrected chi connectivity index (χ3v) is 2.73. The molecule has 0 aromatic rings. The molecule has 4 nitrogen and oxygen atoms in total. The van der Waals surface area contributed by atoms with Crippen LogP contribution in [-0.2, 0) is 14.6 Å². The van der Waals surface area contributed by atoms with E-state index in [-0.39, 0.29) is 11.4 Å². The molecule has 0 spiro atoms. The standard InChI is InChI=1S/C8H12F3NO3S2/c1-6(16)5-12(3-4-17(2,14)15)7(13)8(9,10)11/h3-5H2,1-2H3. The summed E-state index contributed by atoms with van der Waals surface area (Å²) in [5.74, 6) is -2.61. The monoisotopic (exact) mass is 291 g/mol. The van der Waals surface area contributed by atoms with E-state index in [1.165, 1.54) is 6.92 Å². The number of hydrogen-bond acceptors (Lipinski definition) is 4. The van der Waals surface area contributed by atoms with Crippen molar-refractivity contribution < 1.29 is 26.4 Å². The van der Waals surface area contributed by atoms with Gasteiger partial charge in [0.1, 0.15) is 9.84 Å². The van der Waals surface area contributed by atoms with E-state index in [9.17, 15) is 26.4 Å². The fourth-order valence-corrected chi connectivity index (χ4v) is 1.68. The summed E-state index contributed by atoms with van der Waals surface area (Å²) in [6.45, 7) is 0.473. The summed E-state index contributed by atoms with van der Waals surface area (Å²) in [6, 6.07) is 0. The van der Waals surface area contributed by atoms with E-state index in [1.54, 1.807) is 0 Å². The van der Waals surface area contributed by atoms with Gasteiger partial charge in [-0.25, -0.2) is 8.42 Å². The van der Waals surface area contributed by atoms with Gasteiger partial charge in [-0.3, -0.25) is 4.79 Å². The summed E-state index contributed by atoms with van der Waals surface area (Å²) in [5.41, 5.74) is 0. The van der Waals surface area contributed by atoms with Gasteiger partial charge in [-0.05, 0) is 6.92 Å². The van der Waals surface area contributed by atoms with Crippen molar-refractivity contribution in [1.82, 2.24) is 4.90 Å². The molecular formula is C8H12F3NO3S2. The average molecular weight is 291 g/mol. The molecule has 1 amide bonds. The van der Waals surface area contributed by atoms with Crippen LogP contribution in [-0.4, -0.2) is 55.4 Å². The Morgan fingerprint density at radius 3 is 2.12 bits per heavy atom. The first kappa shape index (κ1) is 16.3. The van der Waals surface area contributed by atoms with Gasteiger partial charge in [0.25, 0.3) is 0 Å². The Bertz CT molecular complexity index is 403. The lowest BCUT2D eigenvalue weighted by atomic mass is 10.4. The Labute approximate surface area is 103 Å². The molecule has 0 radical (unpaired) electrons. The number of hydrogen-bond donors (Lipinski definition) is 0. The quantitative estimate of drug-likeness (QED) is 0.704. The number of nitrogens with zero attached hydrogens (tertiary/aromatic N) is 1. The minimum absolute atomic E-state index is 0.177. The van der Waals surface area contributed by atoms with Gasteiger partial charge in [-0.15, -0.1) is 0 Å². The van der Waals surface area contributed by atoms with E-state index < -0.39 is 34.2 Å². The number of sulfone groups is 1. The molecule has 0 fully saturated rings. The fourth-order valence-electron chi connectivity index (χ4n) is 0.976. The summed E-state index contributed by atoms with van der Waals surface area (Å²) < 4.78 is 58.2. The Morgan fingerprint density at radius 1 is 1.35 bits per heavy atom. The summed E-state index contributed by atoms with van der Waals surface area (Å²) in [6.07, 6.45) is -4.14. The molecule has 0 aromatic carbocycles. The van der Waals surface area contributed by atoms with Crippen molar-refractivity contribution in [2.75, 3.05) is 25.1 Å². The van der Waals surface area contributed by atoms with Crippen molar-refractivity contribution >= 4 is 32.8 Å². The molecule has 0 bridgehead atoms. The molecule has 0 saturated heterocycles. The van der Waals surface area contributed by atoms with E-state index in [0.717, 1.165) is 6.26 Å². The van der Waals surface area contributed by atoms with E-state index in [2.05, 4.69) is 12.2 Å². The van der Waals surface area contributed by atoms with Crippen LogP contribution >= 0.6 is 12.2 Å². The molecule has 17 heavy (non-hydrogen) atoms. The van der Waals surface area contributed by atoms with Crippen molar-refractivity contribution in [2.45, 2.75) is 13.1 Å². The SMILES string of the molecule is CC(=S)CN(CCS(C)(=O)=O)C(=O)C(F)(F)F. The smallest absolute Gasteiger partial charge is 0.329 e. The fraction of sp³-hybridized carbons (Fsp3) is 0.750. The van der Waals surface area contributed by atoms with E-state index in [1.807, 2.05) is 0 Å². The first-order chi connectivity index (χ1) is 7.43. The lowest BCUT2D eigenvalue weighted by molar-refractivity contribution is -0.184. The maximum atomic E-state index is 12.2. The Hall–Kier alpha value is -0.700. The second-order valence-corrected chi connectivity index (χ2v) is 6.51. The van der Waals surface area contributed by atoms with Crippen LogP contribution < -0.4 is 0 Å². The number of alkyl halides is 3. The van der Waals surface area contributed by atoms with Gasteiger partial charge in [0.15, 0.2) is 0 Å². The molecule has 0 aliphatic rings. The second kappa shape index (κ2) is 5.76. The highest BCUT2D eigenvalue weighted by Gasteiger charge is 2.42. The van der Waals surface area contributed by atoms with Gasteiger partial charge >= 0.3 is 12.1 Å². The minimum Gasteiger partial charge on any atom is -0.329 e. The maximum Gasteiger partial charge on any atom is 0.471 e. The Kier molecular flexibility index (Phi) is 5.53. The van der Waals surface area contributed by atoms with Crippen LogP contribution in [0, 0.1) is 0 Å². The van der Waals surface area contributed by atoms with Crippen LogP contribution in [0.2, 0.25) is 0 Å². The highest BCUT2D eigenvalue weighted by Crippen LogP contribution is 2.18. The topological polar surface area (TPSA) is 54.5 Å². The van der Waals surface area contributed by atoms with E-state index in [4.69, 9.17) is 0 Å². The number of halogens is 3. The van der Waals surface area contributed by atoms with Gasteiger partial charge in [0.2, 0.25) is 0 Å². The van der Waals surface area contributed by atoms with Gasteiger partial charge in [0, 0.05) is 17.7 Å². The molecule has 9 heteroatoms. The van der Waals surface area contributed by atoms with Crippen LogP contribution in [0.15, 0.2) is 0 Å². The molecule has 0 rings (SSSR count). The number of amides is 1. The predicted molar refractivity (Wildman–Crippen MR) is 60.6 cm³/mol. The molecule has 0 saturated carbocycles. The molecule has 0 unspecified atom stereocenters. The van der Waals surface area contributed by atoms with Crippen LogP contribution in [0.1, 0.15) is 6.92 Å². The zero-order chi connectivity index (χ0) is 13.9. The van der Waals surface area contributed by atoms with Gasteiger partial charge in [-0.1, -0.05) is 12.2 Å². The normalized spacial score (nSPS) is 12.3. The summed E-state index contributed by atoms with van der Waals surface area (Å²) in [7, 11) is -3.44. The molecule has 0 aliphatic carbocycles. The molecular weight excluding hydrogens is 279 g/mol. The van der Waals surface area contributed by atoms with Crippen LogP contribution in [0.5, 0.6) is 0 Å². The number of carbonyl (C=O) groups excluding carboxylic acids is 1. The zero-order valence-electron chi connectivity index (χ0n) is 9.24. The number of thiocarbonyl (C=S) groups is 1. The van der Waals surface area contributed by atoms with Crippen molar-refractivity contribution in [1.29, 1.82) is 0 Å².